The third kappa shape index (κ3) is 4.36. The summed E-state index contributed by atoms with van der Waals surface area (Å²) in [4.78, 5) is 38.2. The Kier molecular flexibility index (Phi) is 6.17. The Bertz CT molecular complexity index is 804. The van der Waals surface area contributed by atoms with Crippen LogP contribution in [0.3, 0.4) is 0 Å². The van der Waals surface area contributed by atoms with E-state index in [9.17, 15) is 19.5 Å². The van der Waals surface area contributed by atoms with Crippen LogP contribution < -0.4 is 10.1 Å². The molecule has 0 spiro atoms. The van der Waals surface area contributed by atoms with Crippen molar-refractivity contribution in [1.82, 2.24) is 4.90 Å². The maximum Gasteiger partial charge on any atom is 0.350 e. The number of phenolic OH excluding ortho intramolecular Hbond substituents is 1. The largest absolute Gasteiger partial charge is 0.503 e. The SMILES string of the molecule is CCN(CC)C(=O)c1cc(NC=C2C(=O)OC(C)(C)OC2=O)c(O)c(OC)c1. The normalized spacial score (nSPS) is 15.4. The standard InChI is InChI=1S/C19H24N2O7/c1-6-21(7-2)16(23)11-8-13(15(22)14(9-11)26-5)20-10-12-17(24)27-19(3,4)28-18(12)25/h8-10,20,22H,6-7H2,1-5H3. The number of amides is 1. The minimum Gasteiger partial charge on any atom is -0.503 e. The molecule has 0 atom stereocenters. The first-order valence-corrected chi connectivity index (χ1v) is 8.77. The molecule has 0 aliphatic carbocycles. The van der Waals surface area contributed by atoms with Crippen molar-refractivity contribution in [2.45, 2.75) is 33.5 Å². The Morgan fingerprint density at radius 2 is 1.79 bits per heavy atom. The van der Waals surface area contributed by atoms with Crippen LogP contribution in [0.5, 0.6) is 11.5 Å². The van der Waals surface area contributed by atoms with Crippen molar-refractivity contribution >= 4 is 23.5 Å². The van der Waals surface area contributed by atoms with Crippen LogP contribution in [0.4, 0.5) is 5.69 Å². The summed E-state index contributed by atoms with van der Waals surface area (Å²) in [5.74, 6) is -3.56. The van der Waals surface area contributed by atoms with E-state index in [-0.39, 0.29) is 34.2 Å². The fraction of sp³-hybridized carbons (Fsp3) is 0.421. The van der Waals surface area contributed by atoms with Gasteiger partial charge in [-0.25, -0.2) is 9.59 Å². The second kappa shape index (κ2) is 8.20. The first kappa shape index (κ1) is 21.1. The van der Waals surface area contributed by atoms with E-state index < -0.39 is 17.7 Å². The van der Waals surface area contributed by atoms with Gasteiger partial charge in [-0.15, -0.1) is 0 Å². The van der Waals surface area contributed by atoms with E-state index in [1.54, 1.807) is 4.90 Å². The van der Waals surface area contributed by atoms with Crippen molar-refractivity contribution in [2.24, 2.45) is 0 Å². The third-order valence-corrected chi connectivity index (χ3v) is 4.08. The lowest BCUT2D eigenvalue weighted by Gasteiger charge is -2.29. The number of ether oxygens (including phenoxy) is 3. The molecule has 2 N–H and O–H groups in total. The Labute approximate surface area is 162 Å². The maximum absolute atomic E-state index is 12.6. The van der Waals surface area contributed by atoms with E-state index >= 15 is 0 Å². The molecular formula is C19H24N2O7. The number of anilines is 1. The second-order valence-corrected chi connectivity index (χ2v) is 6.43. The molecule has 0 saturated carbocycles. The minimum atomic E-state index is -1.35. The number of aromatic hydroxyl groups is 1. The maximum atomic E-state index is 12.6. The van der Waals surface area contributed by atoms with E-state index in [0.717, 1.165) is 6.20 Å². The predicted molar refractivity (Wildman–Crippen MR) is 99.9 cm³/mol. The molecule has 1 aliphatic heterocycles. The van der Waals surface area contributed by atoms with Crippen LogP contribution in [0.25, 0.3) is 0 Å². The molecule has 28 heavy (non-hydrogen) atoms. The number of rotatable bonds is 6. The van der Waals surface area contributed by atoms with Gasteiger partial charge in [0, 0.05) is 38.7 Å². The quantitative estimate of drug-likeness (QED) is 0.327. The molecule has 152 valence electrons. The number of cyclic esters (lactones) is 2. The number of esters is 2. The van der Waals surface area contributed by atoms with Gasteiger partial charge in [0.05, 0.1) is 12.8 Å². The lowest BCUT2D eigenvalue weighted by Crippen LogP contribution is -2.42. The van der Waals surface area contributed by atoms with Crippen LogP contribution in [0.15, 0.2) is 23.9 Å². The summed E-state index contributed by atoms with van der Waals surface area (Å²) in [6, 6.07) is 2.82. The molecule has 1 heterocycles. The van der Waals surface area contributed by atoms with Crippen molar-refractivity contribution in [3.05, 3.63) is 29.5 Å². The molecule has 1 aliphatic rings. The van der Waals surface area contributed by atoms with Crippen LogP contribution in [-0.4, -0.2) is 53.8 Å². The molecule has 1 saturated heterocycles. The van der Waals surface area contributed by atoms with E-state index in [4.69, 9.17) is 14.2 Å². The molecule has 9 heteroatoms. The highest BCUT2D eigenvalue weighted by molar-refractivity contribution is 6.15. The lowest BCUT2D eigenvalue weighted by atomic mass is 10.1. The number of nitrogens with one attached hydrogen (secondary N) is 1. The summed E-state index contributed by atoms with van der Waals surface area (Å²) in [5.41, 5.74) is -0.0277. The highest BCUT2D eigenvalue weighted by Gasteiger charge is 2.39. The molecule has 9 nitrogen and oxygen atoms in total. The average Bonchev–Trinajstić information content (AvgIpc) is 2.62. The molecule has 0 radical (unpaired) electrons. The summed E-state index contributed by atoms with van der Waals surface area (Å²) >= 11 is 0. The Balaban J connectivity index is 2.37. The Hall–Kier alpha value is -3.23. The van der Waals surface area contributed by atoms with Gasteiger partial charge in [0.1, 0.15) is 0 Å². The third-order valence-electron chi connectivity index (χ3n) is 4.08. The van der Waals surface area contributed by atoms with Gasteiger partial charge in [-0.05, 0) is 26.0 Å². The number of carbonyl (C=O) groups is 3. The highest BCUT2D eigenvalue weighted by Crippen LogP contribution is 2.36. The van der Waals surface area contributed by atoms with Crippen LogP contribution in [0.2, 0.25) is 0 Å². The smallest absolute Gasteiger partial charge is 0.350 e. The van der Waals surface area contributed by atoms with Crippen LogP contribution in [0.1, 0.15) is 38.1 Å². The minimum absolute atomic E-state index is 0.0637. The molecule has 0 bridgehead atoms. The number of hydrogen-bond acceptors (Lipinski definition) is 8. The molecule has 1 aromatic rings. The lowest BCUT2D eigenvalue weighted by molar-refractivity contribution is -0.222. The number of carbonyl (C=O) groups excluding carboxylic acids is 3. The van der Waals surface area contributed by atoms with E-state index in [1.807, 2.05) is 13.8 Å². The molecule has 0 aromatic heterocycles. The van der Waals surface area contributed by atoms with Gasteiger partial charge in [-0.2, -0.15) is 0 Å². The molecule has 2 rings (SSSR count). The van der Waals surface area contributed by atoms with Crippen molar-refractivity contribution < 1.29 is 33.7 Å². The Morgan fingerprint density at radius 1 is 1.21 bits per heavy atom. The summed E-state index contributed by atoms with van der Waals surface area (Å²) in [6.45, 7) is 7.60. The van der Waals surface area contributed by atoms with Crippen molar-refractivity contribution in [3.8, 4) is 11.5 Å². The monoisotopic (exact) mass is 392 g/mol. The van der Waals surface area contributed by atoms with Gasteiger partial charge in [0.25, 0.3) is 11.7 Å². The number of nitrogens with zero attached hydrogens (tertiary/aromatic N) is 1. The zero-order valence-corrected chi connectivity index (χ0v) is 16.5. The van der Waals surface area contributed by atoms with Crippen LogP contribution >= 0.6 is 0 Å². The molecule has 1 aromatic carbocycles. The zero-order valence-electron chi connectivity index (χ0n) is 16.5. The second-order valence-electron chi connectivity index (χ2n) is 6.43. The number of hydrogen-bond donors (Lipinski definition) is 2. The highest BCUT2D eigenvalue weighted by atomic mass is 16.7. The number of methoxy groups -OCH3 is 1. The van der Waals surface area contributed by atoms with Gasteiger partial charge >= 0.3 is 11.9 Å². The summed E-state index contributed by atoms with van der Waals surface area (Å²) in [6.07, 6.45) is 1.06. The topological polar surface area (TPSA) is 114 Å². The fourth-order valence-corrected chi connectivity index (χ4v) is 2.62. The van der Waals surface area contributed by atoms with Crippen LogP contribution in [0, 0.1) is 0 Å². The van der Waals surface area contributed by atoms with Gasteiger partial charge in [0.2, 0.25) is 0 Å². The van der Waals surface area contributed by atoms with Gasteiger partial charge < -0.3 is 29.5 Å². The summed E-state index contributed by atoms with van der Waals surface area (Å²) in [7, 11) is 1.35. The molecule has 0 unspecified atom stereocenters. The van der Waals surface area contributed by atoms with E-state index in [1.165, 1.54) is 33.1 Å². The van der Waals surface area contributed by atoms with Crippen molar-refractivity contribution in [2.75, 3.05) is 25.5 Å². The zero-order chi connectivity index (χ0) is 21.1. The summed E-state index contributed by atoms with van der Waals surface area (Å²) in [5, 5.41) is 13.0. The number of phenols is 1. The predicted octanol–water partition coefficient (Wildman–Crippen LogP) is 2.01. The van der Waals surface area contributed by atoms with E-state index in [2.05, 4.69) is 5.32 Å². The average molecular weight is 392 g/mol. The first-order chi connectivity index (χ1) is 13.1. The summed E-state index contributed by atoms with van der Waals surface area (Å²) < 4.78 is 15.1. The van der Waals surface area contributed by atoms with Gasteiger partial charge in [-0.1, -0.05) is 0 Å². The first-order valence-electron chi connectivity index (χ1n) is 8.77. The number of benzene rings is 1. The molecular weight excluding hydrogens is 368 g/mol. The fourth-order valence-electron chi connectivity index (χ4n) is 2.62. The molecule has 1 fully saturated rings. The van der Waals surface area contributed by atoms with Gasteiger partial charge in [-0.3, -0.25) is 4.79 Å². The van der Waals surface area contributed by atoms with E-state index in [0.29, 0.717) is 13.1 Å². The van der Waals surface area contributed by atoms with Crippen molar-refractivity contribution in [3.63, 3.8) is 0 Å². The van der Waals surface area contributed by atoms with Crippen molar-refractivity contribution in [1.29, 1.82) is 0 Å². The van der Waals surface area contributed by atoms with Crippen LogP contribution in [-0.2, 0) is 19.1 Å². The molecule has 1 amide bonds. The Morgan fingerprint density at radius 3 is 2.29 bits per heavy atom. The van der Waals surface area contributed by atoms with Gasteiger partial charge in [0.15, 0.2) is 17.1 Å².